The van der Waals surface area contributed by atoms with E-state index in [-0.39, 0.29) is 5.75 Å². The van der Waals surface area contributed by atoms with Crippen LogP contribution in [0.25, 0.3) is 0 Å². The molecule has 1 aromatic heterocycles. The van der Waals surface area contributed by atoms with Gasteiger partial charge < -0.3 is 9.84 Å². The first-order chi connectivity index (χ1) is 9.02. The Hall–Kier alpha value is -1.67. The molecule has 0 aliphatic rings. The molecular formula is C11H11BrN4O2S. The van der Waals surface area contributed by atoms with Gasteiger partial charge in [0.15, 0.2) is 0 Å². The number of nitrogens with zero attached hydrogens (tertiary/aromatic N) is 3. The van der Waals surface area contributed by atoms with Crippen molar-refractivity contribution in [3.8, 4) is 11.5 Å². The number of hydrogen-bond acceptors (Lipinski definition) is 5. The average Bonchev–Trinajstić information content (AvgIpc) is 2.71. The molecule has 0 aliphatic heterocycles. The van der Waals surface area contributed by atoms with E-state index >= 15 is 0 Å². The molecule has 2 N–H and O–H groups in total. The van der Waals surface area contributed by atoms with Gasteiger partial charge in [0, 0.05) is 5.56 Å². The highest BCUT2D eigenvalue weighted by Crippen LogP contribution is 2.31. The largest absolute Gasteiger partial charge is 0.506 e. The van der Waals surface area contributed by atoms with Crippen LogP contribution in [0.3, 0.4) is 0 Å². The first kappa shape index (κ1) is 13.8. The Morgan fingerprint density at radius 3 is 2.89 bits per heavy atom. The summed E-state index contributed by atoms with van der Waals surface area (Å²) in [5, 5.41) is 20.7. The molecule has 8 heteroatoms. The zero-order valence-electron chi connectivity index (χ0n) is 10.2. The maximum atomic E-state index is 9.93. The second kappa shape index (κ2) is 5.54. The van der Waals surface area contributed by atoms with E-state index in [1.807, 2.05) is 0 Å². The SMILES string of the molecule is COc1cc(Br)c(O)c(/C=N/n2c(C)n[nH]c2=S)c1. The number of phenols is 1. The van der Waals surface area contributed by atoms with Crippen LogP contribution in [0.5, 0.6) is 11.5 Å². The van der Waals surface area contributed by atoms with Gasteiger partial charge in [0.25, 0.3) is 0 Å². The molecular weight excluding hydrogens is 332 g/mol. The third kappa shape index (κ3) is 2.85. The van der Waals surface area contributed by atoms with E-state index in [1.165, 1.54) is 10.9 Å². The monoisotopic (exact) mass is 342 g/mol. The number of aromatic nitrogens is 3. The third-order valence-corrected chi connectivity index (χ3v) is 3.30. The number of phenolic OH excluding ortho intramolecular Hbond substituents is 1. The number of ether oxygens (including phenoxy) is 1. The normalized spacial score (nSPS) is 11.1. The number of hydrogen-bond donors (Lipinski definition) is 2. The maximum absolute atomic E-state index is 9.93. The summed E-state index contributed by atoms with van der Waals surface area (Å²) in [7, 11) is 1.55. The Balaban J connectivity index is 2.44. The van der Waals surface area contributed by atoms with Crippen LogP contribution in [0, 0.1) is 11.7 Å². The molecule has 100 valence electrons. The zero-order chi connectivity index (χ0) is 14.0. The van der Waals surface area contributed by atoms with Crippen LogP contribution in [0.1, 0.15) is 11.4 Å². The number of rotatable bonds is 3. The minimum atomic E-state index is 0.0808. The van der Waals surface area contributed by atoms with Crippen LogP contribution >= 0.6 is 28.1 Å². The second-order valence-electron chi connectivity index (χ2n) is 3.68. The summed E-state index contributed by atoms with van der Waals surface area (Å²) in [4.78, 5) is 0. The highest BCUT2D eigenvalue weighted by molar-refractivity contribution is 9.10. The molecule has 0 atom stereocenters. The first-order valence-corrected chi connectivity index (χ1v) is 6.48. The predicted molar refractivity (Wildman–Crippen MR) is 77.5 cm³/mol. The van der Waals surface area contributed by atoms with E-state index in [4.69, 9.17) is 17.0 Å². The van der Waals surface area contributed by atoms with E-state index in [0.29, 0.717) is 26.4 Å². The highest BCUT2D eigenvalue weighted by atomic mass is 79.9. The van der Waals surface area contributed by atoms with Crippen molar-refractivity contribution in [1.82, 2.24) is 14.9 Å². The summed E-state index contributed by atoms with van der Waals surface area (Å²) >= 11 is 8.28. The van der Waals surface area contributed by atoms with E-state index in [2.05, 4.69) is 31.2 Å². The van der Waals surface area contributed by atoms with Crippen molar-refractivity contribution in [2.75, 3.05) is 7.11 Å². The van der Waals surface area contributed by atoms with Crippen LogP contribution < -0.4 is 4.74 Å². The number of aryl methyl sites for hydroxylation is 1. The molecule has 6 nitrogen and oxygen atoms in total. The summed E-state index contributed by atoms with van der Waals surface area (Å²) in [6.07, 6.45) is 1.49. The lowest BCUT2D eigenvalue weighted by molar-refractivity contribution is 0.411. The van der Waals surface area contributed by atoms with Crippen LogP contribution in [0.15, 0.2) is 21.7 Å². The van der Waals surface area contributed by atoms with Gasteiger partial charge in [0.2, 0.25) is 4.77 Å². The van der Waals surface area contributed by atoms with Crippen LogP contribution in [-0.4, -0.2) is 33.3 Å². The molecule has 19 heavy (non-hydrogen) atoms. The van der Waals surface area contributed by atoms with Crippen molar-refractivity contribution in [2.45, 2.75) is 6.92 Å². The summed E-state index contributed by atoms with van der Waals surface area (Å²) in [5.41, 5.74) is 0.508. The summed E-state index contributed by atoms with van der Waals surface area (Å²) in [5.74, 6) is 1.32. The highest BCUT2D eigenvalue weighted by Gasteiger charge is 2.07. The van der Waals surface area contributed by atoms with Gasteiger partial charge >= 0.3 is 0 Å². The molecule has 0 spiro atoms. The minimum Gasteiger partial charge on any atom is -0.506 e. The smallest absolute Gasteiger partial charge is 0.216 e. The van der Waals surface area contributed by atoms with Gasteiger partial charge in [-0.15, -0.1) is 0 Å². The van der Waals surface area contributed by atoms with E-state index < -0.39 is 0 Å². The Morgan fingerprint density at radius 1 is 1.58 bits per heavy atom. The topological polar surface area (TPSA) is 75.4 Å². The fourth-order valence-corrected chi connectivity index (χ4v) is 2.12. The number of aromatic hydroxyl groups is 1. The fourth-order valence-electron chi connectivity index (χ4n) is 1.44. The lowest BCUT2D eigenvalue weighted by Gasteiger charge is -2.05. The van der Waals surface area contributed by atoms with E-state index in [9.17, 15) is 5.11 Å². The Kier molecular flexibility index (Phi) is 4.01. The number of benzene rings is 1. The molecule has 0 saturated heterocycles. The molecule has 1 aromatic carbocycles. The van der Waals surface area contributed by atoms with Crippen molar-refractivity contribution in [3.05, 3.63) is 32.8 Å². The van der Waals surface area contributed by atoms with E-state index in [1.54, 1.807) is 26.2 Å². The van der Waals surface area contributed by atoms with Crippen LogP contribution in [0.2, 0.25) is 0 Å². The van der Waals surface area contributed by atoms with Gasteiger partial charge in [-0.05, 0) is 47.2 Å². The Bertz CT molecular complexity index is 692. The lowest BCUT2D eigenvalue weighted by atomic mass is 10.2. The molecule has 0 saturated carbocycles. The lowest BCUT2D eigenvalue weighted by Crippen LogP contribution is -1.95. The number of H-pyrrole nitrogens is 1. The standard InChI is InChI=1S/C11H11BrN4O2S/c1-6-14-15-11(19)16(6)13-5-7-3-8(18-2)4-9(12)10(7)17/h3-5,17H,1-2H3,(H,15,19)/b13-5+. The van der Waals surface area contributed by atoms with Gasteiger partial charge in [-0.3, -0.25) is 5.10 Å². The third-order valence-electron chi connectivity index (χ3n) is 2.43. The number of methoxy groups -OCH3 is 1. The molecule has 2 rings (SSSR count). The maximum Gasteiger partial charge on any atom is 0.216 e. The molecule has 0 amide bonds. The minimum absolute atomic E-state index is 0.0808. The van der Waals surface area contributed by atoms with Gasteiger partial charge in [-0.25, -0.2) is 0 Å². The van der Waals surface area contributed by atoms with Crippen molar-refractivity contribution in [1.29, 1.82) is 0 Å². The van der Waals surface area contributed by atoms with Gasteiger partial charge in [-0.1, -0.05) is 0 Å². The van der Waals surface area contributed by atoms with Gasteiger partial charge in [0.1, 0.15) is 17.3 Å². The van der Waals surface area contributed by atoms with Crippen molar-refractivity contribution >= 4 is 34.4 Å². The Morgan fingerprint density at radius 2 is 2.32 bits per heavy atom. The first-order valence-electron chi connectivity index (χ1n) is 5.28. The second-order valence-corrected chi connectivity index (χ2v) is 4.92. The van der Waals surface area contributed by atoms with Gasteiger partial charge in [-0.2, -0.15) is 14.9 Å². The Labute approximate surface area is 122 Å². The number of nitrogens with one attached hydrogen (secondary N) is 1. The predicted octanol–water partition coefficient (Wildman–Crippen LogP) is 2.61. The van der Waals surface area contributed by atoms with Crippen molar-refractivity contribution in [3.63, 3.8) is 0 Å². The number of halogens is 1. The van der Waals surface area contributed by atoms with E-state index in [0.717, 1.165) is 0 Å². The summed E-state index contributed by atoms with van der Waals surface area (Å²) < 4.78 is 7.50. The van der Waals surface area contributed by atoms with Crippen LogP contribution in [-0.2, 0) is 0 Å². The van der Waals surface area contributed by atoms with Crippen molar-refractivity contribution < 1.29 is 9.84 Å². The quantitative estimate of drug-likeness (QED) is 0.664. The zero-order valence-corrected chi connectivity index (χ0v) is 12.6. The van der Waals surface area contributed by atoms with Gasteiger partial charge in [0.05, 0.1) is 17.8 Å². The molecule has 0 radical (unpaired) electrons. The number of aromatic amines is 1. The van der Waals surface area contributed by atoms with Crippen LogP contribution in [0.4, 0.5) is 0 Å². The fraction of sp³-hybridized carbons (Fsp3) is 0.182. The molecule has 0 fully saturated rings. The average molecular weight is 343 g/mol. The molecule has 0 unspecified atom stereocenters. The molecule has 2 aromatic rings. The molecule has 1 heterocycles. The molecule has 0 bridgehead atoms. The van der Waals surface area contributed by atoms with Crippen molar-refractivity contribution in [2.24, 2.45) is 5.10 Å². The molecule has 0 aliphatic carbocycles. The summed E-state index contributed by atoms with van der Waals surface area (Å²) in [6, 6.07) is 3.34. The summed E-state index contributed by atoms with van der Waals surface area (Å²) in [6.45, 7) is 1.77.